The van der Waals surface area contributed by atoms with Crippen molar-refractivity contribution in [1.82, 2.24) is 9.61 Å². The van der Waals surface area contributed by atoms with Crippen molar-refractivity contribution in [2.24, 2.45) is 0 Å². The molecule has 6 heteroatoms. The molecule has 0 spiro atoms. The van der Waals surface area contributed by atoms with Gasteiger partial charge in [-0.15, -0.1) is 0 Å². The van der Waals surface area contributed by atoms with Crippen LogP contribution in [0, 0.1) is 0 Å². The molecule has 0 radical (unpaired) electrons. The minimum Gasteiger partial charge on any atom is -0.289 e. The number of fused-ring (bicyclic) bond motifs is 6. The molecule has 4 nitrogen and oxygen atoms in total. The lowest BCUT2D eigenvalue weighted by molar-refractivity contribution is 1.04. The van der Waals surface area contributed by atoms with E-state index in [2.05, 4.69) is 22.0 Å². The van der Waals surface area contributed by atoms with E-state index in [1.807, 2.05) is 71.2 Å². The Morgan fingerprint density at radius 1 is 0.595 bits per heavy atom. The molecule has 0 fully saturated rings. The first-order chi connectivity index (χ1) is 18.0. The molecule has 7 aromatic carbocycles. The van der Waals surface area contributed by atoms with E-state index in [0.29, 0.717) is 26.6 Å². The van der Waals surface area contributed by atoms with Crippen LogP contribution in [0.25, 0.3) is 81.2 Å². The quantitative estimate of drug-likeness (QED) is 0.140. The highest BCUT2D eigenvalue weighted by Gasteiger charge is 2.24. The number of nitrogens with zero attached hydrogens (tertiary/aromatic N) is 2. The van der Waals surface area contributed by atoms with E-state index >= 15 is 0 Å². The van der Waals surface area contributed by atoms with Gasteiger partial charge in [0.1, 0.15) is 5.52 Å². The summed E-state index contributed by atoms with van der Waals surface area (Å²) in [6.45, 7) is 0. The number of benzene rings is 7. The van der Waals surface area contributed by atoms with Crippen LogP contribution in [-0.4, -0.2) is 9.61 Å². The number of hydrogen-bond acceptors (Lipinski definition) is 3. The smallest absolute Gasteiger partial charge is 0.194 e. The summed E-state index contributed by atoms with van der Waals surface area (Å²) < 4.78 is 2.71. The molecule has 9 aromatic rings. The molecular formula is C31H12BrClN2O2. The maximum absolute atomic E-state index is 13.7. The fourth-order valence-electron chi connectivity index (χ4n) is 6.48. The highest BCUT2D eigenvalue weighted by atomic mass is 79.9. The molecule has 0 saturated heterocycles. The Hall–Kier alpha value is -4.06. The predicted molar refractivity (Wildman–Crippen MR) is 157 cm³/mol. The molecule has 0 amide bonds. The third-order valence-corrected chi connectivity index (χ3v) is 9.29. The highest BCUT2D eigenvalue weighted by Crippen LogP contribution is 2.44. The van der Waals surface area contributed by atoms with E-state index in [-0.39, 0.29) is 10.9 Å². The first-order valence-electron chi connectivity index (χ1n) is 11.9. The average molecular weight is 560 g/mol. The van der Waals surface area contributed by atoms with Gasteiger partial charge in [0.15, 0.2) is 10.9 Å². The number of halogens is 2. The van der Waals surface area contributed by atoms with Crippen LogP contribution in [-0.2, 0) is 0 Å². The predicted octanol–water partition coefficient (Wildman–Crippen LogP) is 7.86. The van der Waals surface area contributed by atoms with E-state index in [1.54, 1.807) is 0 Å². The normalized spacial score (nSPS) is 12.8. The minimum atomic E-state index is -0.0366. The molecule has 0 bridgehead atoms. The van der Waals surface area contributed by atoms with Gasteiger partial charge in [0.25, 0.3) is 0 Å². The maximum Gasteiger partial charge on any atom is 0.194 e. The Balaban J connectivity index is 1.64. The van der Waals surface area contributed by atoms with Gasteiger partial charge in [-0.25, -0.2) is 4.52 Å². The van der Waals surface area contributed by atoms with Crippen molar-refractivity contribution in [1.29, 1.82) is 0 Å². The largest absolute Gasteiger partial charge is 0.289 e. The van der Waals surface area contributed by atoms with Crippen LogP contribution < -0.4 is 10.9 Å². The summed E-state index contributed by atoms with van der Waals surface area (Å²) >= 11 is 10.3. The van der Waals surface area contributed by atoms with Gasteiger partial charge in [-0.2, -0.15) is 5.10 Å². The molecule has 0 atom stereocenters. The van der Waals surface area contributed by atoms with Crippen molar-refractivity contribution >= 4 is 109 Å². The zero-order chi connectivity index (χ0) is 24.7. The maximum atomic E-state index is 13.7. The third-order valence-electron chi connectivity index (χ3n) is 8.01. The number of hydrogen-bond donors (Lipinski definition) is 0. The van der Waals surface area contributed by atoms with E-state index < -0.39 is 0 Å². The van der Waals surface area contributed by atoms with E-state index in [4.69, 9.17) is 16.7 Å². The third kappa shape index (κ3) is 2.17. The van der Waals surface area contributed by atoms with Crippen LogP contribution in [0.4, 0.5) is 0 Å². The van der Waals surface area contributed by atoms with Gasteiger partial charge < -0.3 is 0 Å². The fourth-order valence-corrected chi connectivity index (χ4v) is 7.07. The summed E-state index contributed by atoms with van der Waals surface area (Å²) in [6.07, 6.45) is 0. The Morgan fingerprint density at radius 2 is 1.22 bits per heavy atom. The highest BCUT2D eigenvalue weighted by molar-refractivity contribution is 9.10. The minimum absolute atomic E-state index is 0.0210. The van der Waals surface area contributed by atoms with Crippen LogP contribution in [0.5, 0.6) is 0 Å². The molecule has 0 aliphatic heterocycles. The Kier molecular flexibility index (Phi) is 3.49. The molecule has 0 saturated carbocycles. The van der Waals surface area contributed by atoms with Crippen molar-refractivity contribution < 1.29 is 0 Å². The van der Waals surface area contributed by atoms with Gasteiger partial charge >= 0.3 is 0 Å². The summed E-state index contributed by atoms with van der Waals surface area (Å²) in [5.74, 6) is 0. The first-order valence-corrected chi connectivity index (χ1v) is 13.0. The van der Waals surface area contributed by atoms with Crippen LogP contribution >= 0.6 is 27.5 Å². The zero-order valence-corrected chi connectivity index (χ0v) is 21.2. The Bertz CT molecular complexity index is 2590. The van der Waals surface area contributed by atoms with Gasteiger partial charge in [-0.1, -0.05) is 54.1 Å². The topological polar surface area (TPSA) is 51.4 Å². The SMILES string of the molecule is O=c1c2ccc(Br)c(Cl)c2c2ccc3c4c(ccc1c24)c1ccc2c(=O)c4ccccc4c4nn3c1c24. The van der Waals surface area contributed by atoms with Crippen molar-refractivity contribution in [3.8, 4) is 0 Å². The van der Waals surface area contributed by atoms with Gasteiger partial charge in [0.05, 0.1) is 16.1 Å². The Morgan fingerprint density at radius 3 is 2.05 bits per heavy atom. The zero-order valence-electron chi connectivity index (χ0n) is 18.9. The molecule has 0 aliphatic rings. The monoisotopic (exact) mass is 558 g/mol. The lowest BCUT2D eigenvalue weighted by Gasteiger charge is -2.16. The molecule has 172 valence electrons. The van der Waals surface area contributed by atoms with Gasteiger partial charge in [0.2, 0.25) is 0 Å². The molecule has 37 heavy (non-hydrogen) atoms. The lowest BCUT2D eigenvalue weighted by atomic mass is 9.90. The van der Waals surface area contributed by atoms with E-state index in [1.165, 1.54) is 0 Å². The summed E-state index contributed by atoms with van der Waals surface area (Å²) in [7, 11) is 0. The number of aromatic nitrogens is 2. The van der Waals surface area contributed by atoms with Crippen molar-refractivity contribution in [3.63, 3.8) is 0 Å². The van der Waals surface area contributed by atoms with Crippen LogP contribution in [0.2, 0.25) is 5.02 Å². The van der Waals surface area contributed by atoms with Crippen molar-refractivity contribution in [2.75, 3.05) is 0 Å². The van der Waals surface area contributed by atoms with E-state index in [9.17, 15) is 9.59 Å². The van der Waals surface area contributed by atoms with Crippen molar-refractivity contribution in [3.05, 3.63) is 103 Å². The van der Waals surface area contributed by atoms with Crippen molar-refractivity contribution in [2.45, 2.75) is 0 Å². The second kappa shape index (κ2) is 6.43. The molecule has 0 unspecified atom stereocenters. The number of rotatable bonds is 0. The Labute approximate surface area is 220 Å². The lowest BCUT2D eigenvalue weighted by Crippen LogP contribution is -2.05. The van der Waals surface area contributed by atoms with Crippen LogP contribution in [0.3, 0.4) is 0 Å². The number of pyridine rings is 1. The molecular weight excluding hydrogens is 548 g/mol. The summed E-state index contributed by atoms with van der Waals surface area (Å²) in [5, 5.41) is 15.5. The second-order valence-electron chi connectivity index (χ2n) is 9.68. The molecule has 2 heterocycles. The summed E-state index contributed by atoms with van der Waals surface area (Å²) in [4.78, 5) is 27.1. The standard InChI is InChI=1S/C31H12BrClN2O2/c32-21-11-9-19-24(27(21)33)17-10-12-22-25-13(5-7-18(23(17)25)31(19)37)15-6-8-20-26-28(34-35(22)29(15)26)14-3-1-2-4-16(14)30(20)36/h1-12H. The van der Waals surface area contributed by atoms with Gasteiger partial charge in [-0.3, -0.25) is 9.59 Å². The van der Waals surface area contributed by atoms with Gasteiger partial charge in [0, 0.05) is 58.3 Å². The van der Waals surface area contributed by atoms with E-state index in [0.717, 1.165) is 64.1 Å². The van der Waals surface area contributed by atoms with Crippen LogP contribution in [0.15, 0.2) is 86.9 Å². The summed E-state index contributed by atoms with van der Waals surface area (Å²) in [5.41, 5.74) is 2.62. The molecule has 2 aromatic heterocycles. The second-order valence-corrected chi connectivity index (χ2v) is 10.9. The summed E-state index contributed by atoms with van der Waals surface area (Å²) in [6, 6.07) is 23.3. The fraction of sp³-hybridized carbons (Fsp3) is 0. The molecule has 9 rings (SSSR count). The molecule has 0 aliphatic carbocycles. The molecule has 0 N–H and O–H groups in total. The van der Waals surface area contributed by atoms with Gasteiger partial charge in [-0.05, 0) is 57.0 Å². The first kappa shape index (κ1) is 20.0. The van der Waals surface area contributed by atoms with Crippen LogP contribution in [0.1, 0.15) is 0 Å². The average Bonchev–Trinajstić information content (AvgIpc) is 3.33.